The number of benzene rings is 3. The van der Waals surface area contributed by atoms with Crippen molar-refractivity contribution in [3.63, 3.8) is 0 Å². The summed E-state index contributed by atoms with van der Waals surface area (Å²) in [6.45, 7) is 6.95. The molecule has 2 aliphatic rings. The van der Waals surface area contributed by atoms with Gasteiger partial charge in [0.05, 0.1) is 11.6 Å². The van der Waals surface area contributed by atoms with Crippen molar-refractivity contribution in [2.45, 2.75) is 45.2 Å². The van der Waals surface area contributed by atoms with Gasteiger partial charge in [0.25, 0.3) is 0 Å². The predicted octanol–water partition coefficient (Wildman–Crippen LogP) is 6.92. The van der Waals surface area contributed by atoms with E-state index >= 15 is 0 Å². The molecule has 0 aromatic heterocycles. The molecule has 3 aromatic carbocycles. The van der Waals surface area contributed by atoms with Crippen LogP contribution in [0, 0.1) is 0 Å². The molecule has 1 aliphatic carbocycles. The average molecular weight is 506 g/mol. The van der Waals surface area contributed by atoms with E-state index in [0.717, 1.165) is 39.8 Å². The van der Waals surface area contributed by atoms with Gasteiger partial charge in [-0.3, -0.25) is 0 Å². The third-order valence-corrected chi connectivity index (χ3v) is 7.31. The minimum atomic E-state index is -0.957. The van der Waals surface area contributed by atoms with Gasteiger partial charge in [0.1, 0.15) is 5.70 Å². The standard InChI is InChI=1S/C33H31NO4/c1-33(2,3)26-17-15-23(16-18-26)29-27-9-4-5-10-28(27)34(30(29)32(37)38)20-21-7-6-8-25(19-21)22-11-13-24(14-12-22)31(35)36/h4-9,11-19,28H,10,20H2,1-3H3,(H,35,36)(H,37,38). The molecule has 1 heterocycles. The van der Waals surface area contributed by atoms with Crippen molar-refractivity contribution in [2.24, 2.45) is 0 Å². The van der Waals surface area contributed by atoms with Crippen LogP contribution in [-0.4, -0.2) is 33.1 Å². The Bertz CT molecular complexity index is 1490. The summed E-state index contributed by atoms with van der Waals surface area (Å²) < 4.78 is 0. The van der Waals surface area contributed by atoms with Crippen LogP contribution >= 0.6 is 0 Å². The molecule has 3 aromatic rings. The van der Waals surface area contributed by atoms with Gasteiger partial charge >= 0.3 is 11.9 Å². The third kappa shape index (κ3) is 4.80. The van der Waals surface area contributed by atoms with Gasteiger partial charge in [-0.25, -0.2) is 9.59 Å². The first-order valence-electron chi connectivity index (χ1n) is 12.8. The Morgan fingerprint density at radius 2 is 1.55 bits per heavy atom. The maximum absolute atomic E-state index is 12.7. The summed E-state index contributed by atoms with van der Waals surface area (Å²) in [4.78, 5) is 26.0. The molecule has 5 rings (SSSR count). The number of aromatic carboxylic acids is 1. The lowest BCUT2D eigenvalue weighted by atomic mass is 9.85. The molecule has 192 valence electrons. The van der Waals surface area contributed by atoms with Gasteiger partial charge in [0.15, 0.2) is 0 Å². The zero-order valence-corrected chi connectivity index (χ0v) is 21.8. The Morgan fingerprint density at radius 1 is 0.868 bits per heavy atom. The molecule has 2 N–H and O–H groups in total. The first kappa shape index (κ1) is 25.3. The third-order valence-electron chi connectivity index (χ3n) is 7.31. The van der Waals surface area contributed by atoms with Crippen LogP contribution in [0.15, 0.2) is 102 Å². The molecule has 0 spiro atoms. The van der Waals surface area contributed by atoms with Gasteiger partial charge in [-0.2, -0.15) is 0 Å². The largest absolute Gasteiger partial charge is 0.478 e. The van der Waals surface area contributed by atoms with Gasteiger partial charge in [0, 0.05) is 12.1 Å². The molecule has 1 unspecified atom stereocenters. The van der Waals surface area contributed by atoms with Gasteiger partial charge in [0.2, 0.25) is 0 Å². The minimum Gasteiger partial charge on any atom is -0.478 e. The van der Waals surface area contributed by atoms with Crippen LogP contribution in [0.25, 0.3) is 16.7 Å². The predicted molar refractivity (Wildman–Crippen MR) is 150 cm³/mol. The molecule has 0 bridgehead atoms. The van der Waals surface area contributed by atoms with E-state index in [2.05, 4.69) is 39.0 Å². The lowest BCUT2D eigenvalue weighted by molar-refractivity contribution is -0.134. The summed E-state index contributed by atoms with van der Waals surface area (Å²) in [5.41, 5.74) is 7.37. The van der Waals surface area contributed by atoms with Crippen molar-refractivity contribution < 1.29 is 19.8 Å². The van der Waals surface area contributed by atoms with Crippen molar-refractivity contribution in [3.05, 3.63) is 125 Å². The lowest BCUT2D eigenvalue weighted by Crippen LogP contribution is -2.33. The van der Waals surface area contributed by atoms with Crippen LogP contribution in [0.5, 0.6) is 0 Å². The highest BCUT2D eigenvalue weighted by Gasteiger charge is 2.40. The molecule has 0 amide bonds. The summed E-state index contributed by atoms with van der Waals surface area (Å²) in [5, 5.41) is 19.6. The van der Waals surface area contributed by atoms with Crippen molar-refractivity contribution in [2.75, 3.05) is 0 Å². The number of aliphatic carboxylic acids is 1. The zero-order valence-electron chi connectivity index (χ0n) is 21.8. The van der Waals surface area contributed by atoms with E-state index in [9.17, 15) is 19.8 Å². The quantitative estimate of drug-likeness (QED) is 0.380. The van der Waals surface area contributed by atoms with Gasteiger partial charge in [-0.05, 0) is 63.4 Å². The van der Waals surface area contributed by atoms with E-state index in [1.165, 1.54) is 5.56 Å². The average Bonchev–Trinajstić information content (AvgIpc) is 3.23. The molecule has 38 heavy (non-hydrogen) atoms. The monoisotopic (exact) mass is 505 g/mol. The summed E-state index contributed by atoms with van der Waals surface area (Å²) >= 11 is 0. The Kier molecular flexibility index (Phi) is 6.53. The van der Waals surface area contributed by atoms with Crippen molar-refractivity contribution >= 4 is 17.5 Å². The Hall–Kier alpha value is -4.38. The highest BCUT2D eigenvalue weighted by molar-refractivity contribution is 6.03. The number of carboxylic acids is 2. The topological polar surface area (TPSA) is 77.8 Å². The fourth-order valence-corrected chi connectivity index (χ4v) is 5.31. The molecule has 1 atom stereocenters. The van der Waals surface area contributed by atoms with Gasteiger partial charge in [-0.1, -0.05) is 93.6 Å². The maximum atomic E-state index is 12.7. The second-order valence-electron chi connectivity index (χ2n) is 10.9. The number of carboxylic acid groups (broad SMARTS) is 2. The minimum absolute atomic E-state index is 0.0125. The van der Waals surface area contributed by atoms with Crippen molar-refractivity contribution in [1.82, 2.24) is 4.90 Å². The van der Waals surface area contributed by atoms with Crippen LogP contribution in [0.3, 0.4) is 0 Å². The molecule has 5 nitrogen and oxygen atoms in total. The normalized spacial score (nSPS) is 16.9. The molecular weight excluding hydrogens is 474 g/mol. The SMILES string of the molecule is CC(C)(C)c1ccc(C2=C(C(=O)O)N(Cc3cccc(-c4ccc(C(=O)O)cc4)c3)C3CC=CC=C23)cc1. The molecule has 0 radical (unpaired) electrons. The second kappa shape index (κ2) is 9.82. The Labute approximate surface area is 223 Å². The summed E-state index contributed by atoms with van der Waals surface area (Å²) in [6, 6.07) is 23.0. The van der Waals surface area contributed by atoms with Gasteiger partial charge in [-0.15, -0.1) is 0 Å². The molecule has 5 heteroatoms. The highest BCUT2D eigenvalue weighted by Crippen LogP contribution is 2.44. The van der Waals surface area contributed by atoms with E-state index in [-0.39, 0.29) is 17.0 Å². The summed E-state index contributed by atoms with van der Waals surface area (Å²) in [7, 11) is 0. The van der Waals surface area contributed by atoms with Crippen LogP contribution in [0.2, 0.25) is 0 Å². The van der Waals surface area contributed by atoms with Crippen LogP contribution in [0.1, 0.15) is 54.2 Å². The van der Waals surface area contributed by atoms with Gasteiger partial charge < -0.3 is 15.1 Å². The number of hydrogen-bond acceptors (Lipinski definition) is 3. The van der Waals surface area contributed by atoms with E-state index in [0.29, 0.717) is 12.2 Å². The van der Waals surface area contributed by atoms with E-state index in [4.69, 9.17) is 0 Å². The van der Waals surface area contributed by atoms with E-state index in [1.54, 1.807) is 24.3 Å². The number of fused-ring (bicyclic) bond motifs is 1. The molecule has 0 saturated carbocycles. The second-order valence-corrected chi connectivity index (χ2v) is 10.9. The first-order chi connectivity index (χ1) is 18.1. The molecule has 1 aliphatic heterocycles. The lowest BCUT2D eigenvalue weighted by Gasteiger charge is -2.29. The van der Waals surface area contributed by atoms with Crippen molar-refractivity contribution in [3.8, 4) is 11.1 Å². The number of allylic oxidation sites excluding steroid dienone is 2. The van der Waals surface area contributed by atoms with Crippen LogP contribution in [-0.2, 0) is 16.8 Å². The molecule has 0 saturated heterocycles. The summed E-state index contributed by atoms with van der Waals surface area (Å²) in [5.74, 6) is -1.89. The van der Waals surface area contributed by atoms with E-state index in [1.807, 2.05) is 53.5 Å². The fourth-order valence-electron chi connectivity index (χ4n) is 5.31. The Morgan fingerprint density at radius 3 is 2.18 bits per heavy atom. The fraction of sp³-hybridized carbons (Fsp3) is 0.212. The number of rotatable bonds is 6. The molecule has 0 fully saturated rings. The smallest absolute Gasteiger partial charge is 0.352 e. The Balaban J connectivity index is 1.53. The zero-order chi connectivity index (χ0) is 27.0. The highest BCUT2D eigenvalue weighted by atomic mass is 16.4. The molecular formula is C33H31NO4. The number of carbonyl (C=O) groups is 2. The number of nitrogens with zero attached hydrogens (tertiary/aromatic N) is 1. The summed E-state index contributed by atoms with van der Waals surface area (Å²) in [6.07, 6.45) is 6.89. The number of hydrogen-bond donors (Lipinski definition) is 2. The first-order valence-corrected chi connectivity index (χ1v) is 12.8. The van der Waals surface area contributed by atoms with Crippen LogP contribution < -0.4 is 0 Å². The van der Waals surface area contributed by atoms with E-state index < -0.39 is 11.9 Å². The van der Waals surface area contributed by atoms with Crippen molar-refractivity contribution in [1.29, 1.82) is 0 Å². The maximum Gasteiger partial charge on any atom is 0.352 e. The van der Waals surface area contributed by atoms with Crippen LogP contribution in [0.4, 0.5) is 0 Å².